The lowest BCUT2D eigenvalue weighted by atomic mass is 10.1. The van der Waals surface area contributed by atoms with Gasteiger partial charge in [0.05, 0.1) is 12.6 Å². The van der Waals surface area contributed by atoms with Crippen LogP contribution in [0.4, 0.5) is 0 Å². The minimum absolute atomic E-state index is 0.00706. The molecule has 3 nitrogen and oxygen atoms in total. The lowest BCUT2D eigenvalue weighted by molar-refractivity contribution is -0.121. The molecule has 1 amide bonds. The van der Waals surface area contributed by atoms with Gasteiger partial charge in [-0.05, 0) is 45.4 Å². The first-order valence-corrected chi connectivity index (χ1v) is 6.45. The van der Waals surface area contributed by atoms with Crippen molar-refractivity contribution in [3.8, 4) is 0 Å². The molecule has 4 heteroatoms. The molecule has 0 saturated carbocycles. The number of carbonyl (C=O) groups is 1. The molecule has 0 unspecified atom stereocenters. The summed E-state index contributed by atoms with van der Waals surface area (Å²) in [5, 5.41) is 6.80. The Morgan fingerprint density at radius 1 is 1.28 bits per heavy atom. The highest BCUT2D eigenvalue weighted by Crippen LogP contribution is 2.15. The van der Waals surface area contributed by atoms with Crippen LogP contribution in [-0.4, -0.2) is 18.0 Å². The number of amides is 1. The van der Waals surface area contributed by atoms with E-state index in [4.69, 9.17) is 11.6 Å². The van der Waals surface area contributed by atoms with E-state index < -0.39 is 0 Å². The molecule has 18 heavy (non-hydrogen) atoms. The summed E-state index contributed by atoms with van der Waals surface area (Å²) in [6, 6.07) is 7.48. The van der Waals surface area contributed by atoms with Gasteiger partial charge in [-0.15, -0.1) is 0 Å². The van der Waals surface area contributed by atoms with Crippen LogP contribution in [0.25, 0.3) is 0 Å². The first-order chi connectivity index (χ1) is 8.28. The monoisotopic (exact) mass is 268 g/mol. The number of carbonyl (C=O) groups excluding carboxylic acids is 1. The Bertz CT molecular complexity index is 395. The molecule has 100 valence electrons. The van der Waals surface area contributed by atoms with Crippen molar-refractivity contribution in [3.05, 3.63) is 34.9 Å². The molecule has 0 aliphatic rings. The van der Waals surface area contributed by atoms with E-state index in [1.54, 1.807) is 0 Å². The third kappa shape index (κ3) is 5.52. The predicted octanol–water partition coefficient (Wildman–Crippen LogP) is 2.91. The van der Waals surface area contributed by atoms with Gasteiger partial charge in [0.1, 0.15) is 0 Å². The normalized spacial score (nSPS) is 13.2. The first-order valence-electron chi connectivity index (χ1n) is 6.08. The number of halogens is 1. The molecule has 2 N–H and O–H groups in total. The lowest BCUT2D eigenvalue weighted by Gasteiger charge is -2.21. The van der Waals surface area contributed by atoms with Crippen LogP contribution in [0.1, 0.15) is 39.3 Å². The molecule has 1 atom stereocenters. The summed E-state index contributed by atoms with van der Waals surface area (Å²) in [6.07, 6.45) is 0. The molecule has 0 aliphatic carbocycles. The fraction of sp³-hybridized carbons (Fsp3) is 0.500. The van der Waals surface area contributed by atoms with Gasteiger partial charge in [-0.25, -0.2) is 0 Å². The summed E-state index contributed by atoms with van der Waals surface area (Å²) in [5.74, 6) is -0.00706. The standard InChI is InChI=1S/C14H21ClN2O/c1-10(11-5-7-12(15)8-6-11)17-13(18)9-16-14(2,3)4/h5-8,10,16H,9H2,1-4H3,(H,17,18)/t10-/m0/s1. The van der Waals surface area contributed by atoms with E-state index in [1.807, 2.05) is 52.0 Å². The van der Waals surface area contributed by atoms with Gasteiger partial charge in [0.2, 0.25) is 5.91 Å². The SMILES string of the molecule is C[C@H](NC(=O)CNC(C)(C)C)c1ccc(Cl)cc1. The highest BCUT2D eigenvalue weighted by Gasteiger charge is 2.13. The third-order valence-electron chi connectivity index (χ3n) is 2.53. The molecule has 0 aliphatic heterocycles. The van der Waals surface area contributed by atoms with E-state index in [2.05, 4.69) is 10.6 Å². The zero-order valence-corrected chi connectivity index (χ0v) is 12.1. The molecule has 1 aromatic carbocycles. The molecule has 1 rings (SSSR count). The molecule has 0 radical (unpaired) electrons. The van der Waals surface area contributed by atoms with Crippen LogP contribution in [-0.2, 0) is 4.79 Å². The molecule has 0 heterocycles. The quantitative estimate of drug-likeness (QED) is 0.882. The van der Waals surface area contributed by atoms with Crippen molar-refractivity contribution < 1.29 is 4.79 Å². The second kappa shape index (κ2) is 6.21. The van der Waals surface area contributed by atoms with Crippen LogP contribution < -0.4 is 10.6 Å². The molecule has 1 aromatic rings. The summed E-state index contributed by atoms with van der Waals surface area (Å²) in [4.78, 5) is 11.7. The van der Waals surface area contributed by atoms with Crippen molar-refractivity contribution in [1.82, 2.24) is 10.6 Å². The largest absolute Gasteiger partial charge is 0.348 e. The molecule has 0 saturated heterocycles. The summed E-state index contributed by atoms with van der Waals surface area (Å²) >= 11 is 5.82. The van der Waals surface area contributed by atoms with E-state index in [0.29, 0.717) is 11.6 Å². The summed E-state index contributed by atoms with van der Waals surface area (Å²) < 4.78 is 0. The Morgan fingerprint density at radius 3 is 2.33 bits per heavy atom. The van der Waals surface area contributed by atoms with Gasteiger partial charge in [0.25, 0.3) is 0 Å². The maximum Gasteiger partial charge on any atom is 0.234 e. The van der Waals surface area contributed by atoms with Gasteiger partial charge >= 0.3 is 0 Å². The second-order valence-corrected chi connectivity index (χ2v) is 5.88. The average Bonchev–Trinajstić information content (AvgIpc) is 2.26. The van der Waals surface area contributed by atoms with Crippen LogP contribution >= 0.6 is 11.6 Å². The van der Waals surface area contributed by atoms with Crippen molar-refractivity contribution in [2.45, 2.75) is 39.3 Å². The zero-order valence-electron chi connectivity index (χ0n) is 11.4. The van der Waals surface area contributed by atoms with Gasteiger partial charge in [-0.3, -0.25) is 4.79 Å². The molecule has 0 aromatic heterocycles. The zero-order chi connectivity index (χ0) is 13.8. The van der Waals surface area contributed by atoms with Gasteiger partial charge in [-0.1, -0.05) is 23.7 Å². The van der Waals surface area contributed by atoms with Crippen LogP contribution in [0.15, 0.2) is 24.3 Å². The summed E-state index contributed by atoms with van der Waals surface area (Å²) in [6.45, 7) is 8.37. The van der Waals surface area contributed by atoms with Crippen LogP contribution in [0.2, 0.25) is 5.02 Å². The highest BCUT2D eigenvalue weighted by atomic mass is 35.5. The average molecular weight is 269 g/mol. The topological polar surface area (TPSA) is 41.1 Å². The van der Waals surface area contributed by atoms with E-state index in [1.165, 1.54) is 0 Å². The number of rotatable bonds is 4. The first kappa shape index (κ1) is 15.0. The fourth-order valence-electron chi connectivity index (χ4n) is 1.47. The van der Waals surface area contributed by atoms with Crippen molar-refractivity contribution in [1.29, 1.82) is 0 Å². The Balaban J connectivity index is 2.47. The number of benzene rings is 1. The fourth-order valence-corrected chi connectivity index (χ4v) is 1.60. The Morgan fingerprint density at radius 2 is 1.83 bits per heavy atom. The highest BCUT2D eigenvalue weighted by molar-refractivity contribution is 6.30. The van der Waals surface area contributed by atoms with E-state index in [-0.39, 0.29) is 17.5 Å². The van der Waals surface area contributed by atoms with Crippen molar-refractivity contribution >= 4 is 17.5 Å². The summed E-state index contributed by atoms with van der Waals surface area (Å²) in [7, 11) is 0. The maximum atomic E-state index is 11.7. The molecular weight excluding hydrogens is 248 g/mol. The second-order valence-electron chi connectivity index (χ2n) is 5.44. The number of hydrogen-bond donors (Lipinski definition) is 2. The maximum absolute atomic E-state index is 11.7. The van der Waals surface area contributed by atoms with E-state index in [9.17, 15) is 4.79 Å². The van der Waals surface area contributed by atoms with Crippen molar-refractivity contribution in [2.24, 2.45) is 0 Å². The minimum atomic E-state index is -0.0547. The lowest BCUT2D eigenvalue weighted by Crippen LogP contribution is -2.43. The third-order valence-corrected chi connectivity index (χ3v) is 2.78. The van der Waals surface area contributed by atoms with Gasteiger partial charge in [-0.2, -0.15) is 0 Å². The Kier molecular flexibility index (Phi) is 5.17. The van der Waals surface area contributed by atoms with Crippen LogP contribution in [0.3, 0.4) is 0 Å². The smallest absolute Gasteiger partial charge is 0.234 e. The van der Waals surface area contributed by atoms with Gasteiger partial charge in [0, 0.05) is 10.6 Å². The molecule has 0 spiro atoms. The molecular formula is C14H21ClN2O. The van der Waals surface area contributed by atoms with Gasteiger partial charge in [0.15, 0.2) is 0 Å². The Hall–Kier alpha value is -1.06. The molecule has 0 bridgehead atoms. The van der Waals surface area contributed by atoms with E-state index >= 15 is 0 Å². The predicted molar refractivity (Wildman–Crippen MR) is 75.8 cm³/mol. The number of hydrogen-bond acceptors (Lipinski definition) is 2. The minimum Gasteiger partial charge on any atom is -0.348 e. The van der Waals surface area contributed by atoms with Crippen molar-refractivity contribution in [3.63, 3.8) is 0 Å². The van der Waals surface area contributed by atoms with Crippen LogP contribution in [0, 0.1) is 0 Å². The van der Waals surface area contributed by atoms with Gasteiger partial charge < -0.3 is 10.6 Å². The Labute approximate surface area is 114 Å². The number of nitrogens with one attached hydrogen (secondary N) is 2. The molecule has 0 fully saturated rings. The van der Waals surface area contributed by atoms with E-state index in [0.717, 1.165) is 5.56 Å². The summed E-state index contributed by atoms with van der Waals surface area (Å²) in [5.41, 5.74) is 0.990. The van der Waals surface area contributed by atoms with Crippen molar-refractivity contribution in [2.75, 3.05) is 6.54 Å². The van der Waals surface area contributed by atoms with Crippen LogP contribution in [0.5, 0.6) is 0 Å².